The zero-order valence-electron chi connectivity index (χ0n) is 28.5. The molecule has 13 heteroatoms. The van der Waals surface area contributed by atoms with Crippen LogP contribution in [0.4, 0.5) is 9.18 Å². The number of urea groups is 1. The summed E-state index contributed by atoms with van der Waals surface area (Å²) in [5.41, 5.74) is 0.564. The summed E-state index contributed by atoms with van der Waals surface area (Å²) < 4.78 is 31.9. The molecule has 10 atom stereocenters. The highest BCUT2D eigenvalue weighted by Gasteiger charge is 2.38. The summed E-state index contributed by atoms with van der Waals surface area (Å²) >= 11 is 0. The van der Waals surface area contributed by atoms with Gasteiger partial charge in [0.25, 0.3) is 0 Å². The summed E-state index contributed by atoms with van der Waals surface area (Å²) in [6.45, 7) is 8.07. The van der Waals surface area contributed by atoms with E-state index in [0.717, 1.165) is 25.0 Å². The molecule has 1 saturated heterocycles. The molecule has 0 aromatic carbocycles. The van der Waals surface area contributed by atoms with Gasteiger partial charge in [-0.3, -0.25) is 10.1 Å². The summed E-state index contributed by atoms with van der Waals surface area (Å²) in [4.78, 5) is 24.7. The van der Waals surface area contributed by atoms with Crippen LogP contribution in [0.5, 0.6) is 0 Å². The molecule has 7 N–H and O–H groups in total. The molecule has 47 heavy (non-hydrogen) atoms. The second-order valence-electron chi connectivity index (χ2n) is 14.4. The van der Waals surface area contributed by atoms with Gasteiger partial charge < -0.3 is 45.7 Å². The number of nitrogens with one attached hydrogen (secondary N) is 5. The first-order valence-corrected chi connectivity index (χ1v) is 17.1. The number of aliphatic hydroxyl groups is 2. The van der Waals surface area contributed by atoms with E-state index < -0.39 is 36.4 Å². The van der Waals surface area contributed by atoms with Gasteiger partial charge in [0.15, 0.2) is 6.29 Å². The summed E-state index contributed by atoms with van der Waals surface area (Å²) in [6, 6.07) is -0.983. The lowest BCUT2D eigenvalue weighted by Gasteiger charge is -2.34. The van der Waals surface area contributed by atoms with Crippen LogP contribution in [-0.2, 0) is 19.0 Å². The number of rotatable bonds is 13. The van der Waals surface area contributed by atoms with E-state index >= 15 is 4.39 Å². The van der Waals surface area contributed by atoms with Gasteiger partial charge in [-0.25, -0.2) is 9.18 Å². The second-order valence-corrected chi connectivity index (χ2v) is 14.4. The summed E-state index contributed by atoms with van der Waals surface area (Å²) in [5.74, 6) is -0.0987. The van der Waals surface area contributed by atoms with Crippen molar-refractivity contribution in [2.45, 2.75) is 140 Å². The van der Waals surface area contributed by atoms with E-state index in [1.807, 2.05) is 12.3 Å². The molecule has 0 aromatic rings. The minimum atomic E-state index is -1.32. The number of carbonyl (C=O) groups is 2. The molecule has 0 bridgehead atoms. The van der Waals surface area contributed by atoms with E-state index in [1.165, 1.54) is 7.11 Å². The monoisotopic (exact) mass is 665 g/mol. The average Bonchev–Trinajstić information content (AvgIpc) is 3.50. The number of carbonyl (C=O) groups excluding carboxylic acids is 2. The summed E-state index contributed by atoms with van der Waals surface area (Å²) in [7, 11) is 1.37. The van der Waals surface area contributed by atoms with Gasteiger partial charge in [-0.1, -0.05) is 19.1 Å². The molecule has 0 spiro atoms. The Labute approximate surface area is 278 Å². The van der Waals surface area contributed by atoms with Crippen molar-refractivity contribution in [1.82, 2.24) is 26.6 Å². The third-order valence-corrected chi connectivity index (χ3v) is 9.19. The van der Waals surface area contributed by atoms with E-state index in [4.69, 9.17) is 14.2 Å². The van der Waals surface area contributed by atoms with Crippen molar-refractivity contribution in [2.75, 3.05) is 13.7 Å². The first-order chi connectivity index (χ1) is 22.3. The van der Waals surface area contributed by atoms with Gasteiger partial charge in [-0.15, -0.1) is 0 Å². The van der Waals surface area contributed by atoms with Gasteiger partial charge in [-0.2, -0.15) is 0 Å². The quantitative estimate of drug-likeness (QED) is 0.115. The molecule has 0 unspecified atom stereocenters. The van der Waals surface area contributed by atoms with Crippen LogP contribution in [0.3, 0.4) is 0 Å². The van der Waals surface area contributed by atoms with Crippen molar-refractivity contribution in [3.63, 3.8) is 0 Å². The number of aliphatic hydroxyl groups excluding tert-OH is 2. The second kappa shape index (κ2) is 17.2. The van der Waals surface area contributed by atoms with Gasteiger partial charge in [0, 0.05) is 55.9 Å². The minimum Gasteiger partial charge on any atom is -0.460 e. The predicted molar refractivity (Wildman–Crippen MR) is 175 cm³/mol. The minimum absolute atomic E-state index is 0.0350. The van der Waals surface area contributed by atoms with Crippen LogP contribution >= 0.6 is 0 Å². The van der Waals surface area contributed by atoms with E-state index in [1.54, 1.807) is 26.8 Å². The van der Waals surface area contributed by atoms with Crippen LogP contribution in [0.1, 0.15) is 85.5 Å². The topological polar surface area (TPSA) is 162 Å². The Balaban J connectivity index is 1.21. The maximum Gasteiger partial charge on any atom is 0.323 e. The molecule has 12 nitrogen and oxygen atoms in total. The van der Waals surface area contributed by atoms with E-state index in [0.29, 0.717) is 31.7 Å². The molecule has 266 valence electrons. The summed E-state index contributed by atoms with van der Waals surface area (Å²) in [6.07, 6.45) is 8.88. The Morgan fingerprint density at radius 1 is 1.15 bits per heavy atom. The fourth-order valence-corrected chi connectivity index (χ4v) is 6.77. The van der Waals surface area contributed by atoms with E-state index in [2.05, 4.69) is 39.6 Å². The van der Waals surface area contributed by atoms with Gasteiger partial charge >= 0.3 is 12.0 Å². The number of amides is 2. The Morgan fingerprint density at radius 3 is 2.64 bits per heavy atom. The van der Waals surface area contributed by atoms with Crippen molar-refractivity contribution in [3.8, 4) is 0 Å². The number of allylic oxidation sites excluding steroid dienone is 3. The maximum absolute atomic E-state index is 15.1. The maximum atomic E-state index is 15.1. The third kappa shape index (κ3) is 11.8. The molecular formula is C34H56FN5O7. The molecule has 4 rings (SSSR count). The van der Waals surface area contributed by atoms with Crippen LogP contribution in [-0.4, -0.2) is 90.5 Å². The molecule has 0 radical (unpaired) electrons. The van der Waals surface area contributed by atoms with E-state index in [9.17, 15) is 19.8 Å². The molecule has 4 aliphatic rings. The highest BCUT2D eigenvalue weighted by molar-refractivity contribution is 5.78. The Hall–Kier alpha value is -2.55. The lowest BCUT2D eigenvalue weighted by molar-refractivity contribution is -0.156. The number of ether oxygens (including phenoxy) is 3. The average molecular weight is 666 g/mol. The largest absolute Gasteiger partial charge is 0.460 e. The van der Waals surface area contributed by atoms with Crippen molar-refractivity contribution < 1.29 is 38.4 Å². The standard InChI is InChI=1S/C34H56FN5O7/c1-20-7-6-8-22(15-20)38-33(44)40-26-10-9-23(17-25(26)35)46-24-13-14-36-29(18-24)28-16-21(19-37-28)31(42)39-27(32(43)45-5)11-12-30(41)47-34(2,3)4/h10,13-15,20-21,23-25,27-29,31-32,36-37,39,42-43H,6-9,11-12,16-19H2,1-5H3,(H2,38,40,44)/t20-,21-,23-,24-,25-,27+,28-,29+,31-,32+/m1/s1. The SMILES string of the molecule is CO[C@H](O)[C@H](CCC(=O)OC(C)(C)C)N[C@H](O)[C@H]1CN[C@@H]([C@@H]2C[C@H](O[C@@H]3CC=C(NC(=O)NC4=C[C@H](C)CCC4)[C@H](F)C3)C=CN2)C1. The first kappa shape index (κ1) is 37.3. The Kier molecular flexibility index (Phi) is 13.6. The number of halogens is 1. The highest BCUT2D eigenvalue weighted by Crippen LogP contribution is 2.28. The van der Waals surface area contributed by atoms with Crippen LogP contribution in [0.25, 0.3) is 0 Å². The van der Waals surface area contributed by atoms with Crippen molar-refractivity contribution >= 4 is 12.0 Å². The molecular weight excluding hydrogens is 609 g/mol. The number of esters is 1. The molecule has 0 aromatic heterocycles. The third-order valence-electron chi connectivity index (χ3n) is 9.19. The van der Waals surface area contributed by atoms with Gasteiger partial charge in [0.05, 0.1) is 18.2 Å². The van der Waals surface area contributed by atoms with Crippen molar-refractivity contribution in [2.24, 2.45) is 11.8 Å². The number of methoxy groups -OCH3 is 1. The van der Waals surface area contributed by atoms with Crippen LogP contribution in [0.15, 0.2) is 35.8 Å². The number of hydrogen-bond donors (Lipinski definition) is 7. The van der Waals surface area contributed by atoms with Crippen molar-refractivity contribution in [3.05, 3.63) is 35.8 Å². The van der Waals surface area contributed by atoms with Crippen LogP contribution in [0.2, 0.25) is 0 Å². The molecule has 2 aliphatic heterocycles. The molecule has 2 heterocycles. The number of alkyl halides is 1. The van der Waals surface area contributed by atoms with Crippen molar-refractivity contribution in [1.29, 1.82) is 0 Å². The summed E-state index contributed by atoms with van der Waals surface area (Å²) in [5, 5.41) is 36.9. The zero-order valence-corrected chi connectivity index (χ0v) is 28.5. The molecule has 0 saturated carbocycles. The lowest BCUT2D eigenvalue weighted by Crippen LogP contribution is -2.49. The normalized spacial score (nSPS) is 31.5. The van der Waals surface area contributed by atoms with Crippen LogP contribution in [0, 0.1) is 11.8 Å². The number of hydrogen-bond acceptors (Lipinski definition) is 10. The van der Waals surface area contributed by atoms with Gasteiger partial charge in [0.1, 0.15) is 18.0 Å². The fourth-order valence-electron chi connectivity index (χ4n) is 6.77. The Bertz CT molecular complexity index is 1140. The fraction of sp³-hybridized carbons (Fsp3) is 0.765. The van der Waals surface area contributed by atoms with Crippen LogP contribution < -0.4 is 26.6 Å². The van der Waals surface area contributed by atoms with Gasteiger partial charge in [-0.05, 0) is 83.9 Å². The predicted octanol–water partition coefficient (Wildman–Crippen LogP) is 2.98. The highest BCUT2D eigenvalue weighted by atomic mass is 19.1. The lowest BCUT2D eigenvalue weighted by atomic mass is 9.93. The molecule has 1 fully saturated rings. The van der Waals surface area contributed by atoms with E-state index in [-0.39, 0.29) is 61.1 Å². The molecule has 2 amide bonds. The zero-order chi connectivity index (χ0) is 34.1. The van der Waals surface area contributed by atoms with Gasteiger partial charge in [0.2, 0.25) is 0 Å². The smallest absolute Gasteiger partial charge is 0.323 e. The first-order valence-electron chi connectivity index (χ1n) is 17.1. The molecule has 2 aliphatic carbocycles. The Morgan fingerprint density at radius 2 is 1.94 bits per heavy atom.